The molecule has 0 amide bonds. The molecule has 0 spiro atoms. The lowest BCUT2D eigenvalue weighted by atomic mass is 10.1. The number of hydrogen-bond donors (Lipinski definition) is 1. The zero-order valence-corrected chi connectivity index (χ0v) is 12.8. The number of rotatable bonds is 7. The summed E-state index contributed by atoms with van der Waals surface area (Å²) in [5.41, 5.74) is 0.642. The van der Waals surface area contributed by atoms with Gasteiger partial charge in [-0.25, -0.2) is 8.42 Å². The monoisotopic (exact) mass is 285 g/mol. The van der Waals surface area contributed by atoms with Crippen LogP contribution in [0, 0.1) is 5.92 Å². The van der Waals surface area contributed by atoms with Gasteiger partial charge in [-0.3, -0.25) is 0 Å². The summed E-state index contributed by atoms with van der Waals surface area (Å²) in [5.74, 6) is 0.346. The van der Waals surface area contributed by atoms with Crippen molar-refractivity contribution >= 4 is 15.5 Å². The minimum absolute atomic E-state index is 0.0860. The molecule has 0 radical (unpaired) electrons. The lowest BCUT2D eigenvalue weighted by Gasteiger charge is -2.24. The molecule has 5 heteroatoms. The average molecular weight is 285 g/mol. The van der Waals surface area contributed by atoms with Gasteiger partial charge in [0.1, 0.15) is 0 Å². The first-order chi connectivity index (χ1) is 8.86. The number of hydrogen-bond acceptors (Lipinski definition) is 4. The van der Waals surface area contributed by atoms with Crippen molar-refractivity contribution in [2.24, 2.45) is 5.92 Å². The van der Waals surface area contributed by atoms with E-state index in [1.54, 1.807) is 18.2 Å². The first kappa shape index (κ1) is 16.0. The van der Waals surface area contributed by atoms with Gasteiger partial charge in [0.25, 0.3) is 0 Å². The summed E-state index contributed by atoms with van der Waals surface area (Å²) in [7, 11) is -3.23. The zero-order chi connectivity index (χ0) is 14.5. The second kappa shape index (κ2) is 6.91. The van der Waals surface area contributed by atoms with Crippen molar-refractivity contribution in [1.82, 2.24) is 0 Å². The van der Waals surface area contributed by atoms with Gasteiger partial charge in [0.2, 0.25) is 0 Å². The molecule has 1 rings (SSSR count). The Bertz CT molecular complexity index is 497. The van der Waals surface area contributed by atoms with Gasteiger partial charge < -0.3 is 10.1 Å². The first-order valence-corrected chi connectivity index (χ1v) is 8.38. The molecule has 0 aromatic heterocycles. The second-order valence-corrected chi connectivity index (χ2v) is 6.91. The molecule has 1 unspecified atom stereocenters. The molecule has 1 aromatic carbocycles. The van der Waals surface area contributed by atoms with Gasteiger partial charge in [-0.1, -0.05) is 26.0 Å². The van der Waals surface area contributed by atoms with Crippen molar-refractivity contribution in [3.05, 3.63) is 24.3 Å². The van der Waals surface area contributed by atoms with Gasteiger partial charge in [0.05, 0.1) is 23.2 Å². The Labute approximate surface area is 116 Å². The van der Waals surface area contributed by atoms with E-state index in [-0.39, 0.29) is 6.04 Å². The molecule has 0 aliphatic carbocycles. The Morgan fingerprint density at radius 3 is 2.42 bits per heavy atom. The molecule has 0 heterocycles. The van der Waals surface area contributed by atoms with Gasteiger partial charge in [-0.2, -0.15) is 0 Å². The summed E-state index contributed by atoms with van der Waals surface area (Å²) < 4.78 is 28.9. The Balaban J connectivity index is 2.97. The van der Waals surface area contributed by atoms with Crippen LogP contribution >= 0.6 is 0 Å². The van der Waals surface area contributed by atoms with E-state index in [0.29, 0.717) is 29.7 Å². The Hall–Kier alpha value is -1.07. The van der Waals surface area contributed by atoms with Gasteiger partial charge >= 0.3 is 0 Å². The summed E-state index contributed by atoms with van der Waals surface area (Å²) in [6.45, 7) is 7.33. The summed E-state index contributed by atoms with van der Waals surface area (Å²) in [6, 6.07) is 7.06. The standard InChI is InChI=1S/C14H23NO3S/c1-5-18-10-13(11(2)3)15-12-8-6-7-9-14(12)19(4,16)17/h6-9,11,13,15H,5,10H2,1-4H3. The van der Waals surface area contributed by atoms with E-state index in [9.17, 15) is 8.42 Å². The Morgan fingerprint density at radius 1 is 1.26 bits per heavy atom. The SMILES string of the molecule is CCOCC(Nc1ccccc1S(C)(=O)=O)C(C)C. The van der Waals surface area contributed by atoms with Crippen molar-refractivity contribution in [2.45, 2.75) is 31.7 Å². The van der Waals surface area contributed by atoms with Crippen LogP contribution in [0.2, 0.25) is 0 Å². The third kappa shape index (κ3) is 4.84. The van der Waals surface area contributed by atoms with Gasteiger partial charge in [-0.15, -0.1) is 0 Å². The van der Waals surface area contributed by atoms with E-state index in [2.05, 4.69) is 19.2 Å². The minimum Gasteiger partial charge on any atom is -0.380 e. The fourth-order valence-corrected chi connectivity index (χ4v) is 2.61. The molecule has 0 saturated heterocycles. The zero-order valence-electron chi connectivity index (χ0n) is 12.0. The number of anilines is 1. The number of ether oxygens (including phenoxy) is 1. The van der Waals surface area contributed by atoms with Crippen LogP contribution in [0.25, 0.3) is 0 Å². The molecule has 0 fully saturated rings. The van der Waals surface area contributed by atoms with Gasteiger partial charge in [-0.05, 0) is 25.0 Å². The van der Waals surface area contributed by atoms with E-state index >= 15 is 0 Å². The fraction of sp³-hybridized carbons (Fsp3) is 0.571. The lowest BCUT2D eigenvalue weighted by Crippen LogP contribution is -2.31. The molecule has 108 valence electrons. The quantitative estimate of drug-likeness (QED) is 0.836. The summed E-state index contributed by atoms with van der Waals surface area (Å²) in [6.07, 6.45) is 1.22. The highest BCUT2D eigenvalue weighted by Crippen LogP contribution is 2.22. The van der Waals surface area contributed by atoms with Crippen molar-refractivity contribution in [1.29, 1.82) is 0 Å². The third-order valence-electron chi connectivity index (χ3n) is 2.93. The lowest BCUT2D eigenvalue weighted by molar-refractivity contribution is 0.126. The largest absolute Gasteiger partial charge is 0.380 e. The highest BCUT2D eigenvalue weighted by Gasteiger charge is 2.18. The molecule has 0 saturated carbocycles. The number of nitrogens with one attached hydrogen (secondary N) is 1. The third-order valence-corrected chi connectivity index (χ3v) is 4.09. The predicted octanol–water partition coefficient (Wildman–Crippen LogP) is 2.56. The Kier molecular flexibility index (Phi) is 5.82. The molecule has 1 atom stereocenters. The van der Waals surface area contributed by atoms with Gasteiger partial charge in [0, 0.05) is 12.9 Å². The normalized spacial score (nSPS) is 13.5. The molecular weight excluding hydrogens is 262 g/mol. The maximum Gasteiger partial charge on any atom is 0.177 e. The molecule has 0 bridgehead atoms. The number of benzene rings is 1. The van der Waals surface area contributed by atoms with E-state index in [0.717, 1.165) is 0 Å². The van der Waals surface area contributed by atoms with Crippen LogP contribution in [0.3, 0.4) is 0 Å². The molecule has 0 aliphatic heterocycles. The van der Waals surface area contributed by atoms with Crippen molar-refractivity contribution in [3.8, 4) is 0 Å². The maximum atomic E-state index is 11.7. The molecule has 19 heavy (non-hydrogen) atoms. The molecule has 4 nitrogen and oxygen atoms in total. The maximum absolute atomic E-state index is 11.7. The molecule has 0 aliphatic rings. The molecule has 1 N–H and O–H groups in total. The minimum atomic E-state index is -3.23. The van der Waals surface area contributed by atoms with Crippen molar-refractivity contribution in [2.75, 3.05) is 24.8 Å². The van der Waals surface area contributed by atoms with E-state index in [4.69, 9.17) is 4.74 Å². The van der Waals surface area contributed by atoms with Crippen molar-refractivity contribution in [3.63, 3.8) is 0 Å². The van der Waals surface area contributed by atoms with Crippen LogP contribution in [0.1, 0.15) is 20.8 Å². The Morgan fingerprint density at radius 2 is 1.89 bits per heavy atom. The first-order valence-electron chi connectivity index (χ1n) is 6.49. The predicted molar refractivity (Wildman–Crippen MR) is 78.3 cm³/mol. The summed E-state index contributed by atoms with van der Waals surface area (Å²) >= 11 is 0. The molecular formula is C14H23NO3S. The van der Waals surface area contributed by atoms with Crippen LogP contribution in [-0.4, -0.2) is 33.9 Å². The number of sulfone groups is 1. The van der Waals surface area contributed by atoms with Crippen LogP contribution < -0.4 is 5.32 Å². The fourth-order valence-electron chi connectivity index (χ4n) is 1.75. The van der Waals surface area contributed by atoms with E-state index in [1.165, 1.54) is 6.26 Å². The smallest absolute Gasteiger partial charge is 0.177 e. The summed E-state index contributed by atoms with van der Waals surface area (Å²) in [4.78, 5) is 0.331. The van der Waals surface area contributed by atoms with E-state index < -0.39 is 9.84 Å². The highest BCUT2D eigenvalue weighted by atomic mass is 32.2. The average Bonchev–Trinajstić information content (AvgIpc) is 2.33. The number of para-hydroxylation sites is 1. The van der Waals surface area contributed by atoms with Crippen LogP contribution in [0.4, 0.5) is 5.69 Å². The van der Waals surface area contributed by atoms with Crippen molar-refractivity contribution < 1.29 is 13.2 Å². The topological polar surface area (TPSA) is 55.4 Å². The summed E-state index contributed by atoms with van der Waals surface area (Å²) in [5, 5.41) is 3.28. The van der Waals surface area contributed by atoms with Crippen LogP contribution in [0.5, 0.6) is 0 Å². The van der Waals surface area contributed by atoms with Crippen LogP contribution in [0.15, 0.2) is 29.2 Å². The molecule has 1 aromatic rings. The van der Waals surface area contributed by atoms with Gasteiger partial charge in [0.15, 0.2) is 9.84 Å². The van der Waals surface area contributed by atoms with E-state index in [1.807, 2.05) is 13.0 Å². The highest BCUT2D eigenvalue weighted by molar-refractivity contribution is 7.90. The second-order valence-electron chi connectivity index (χ2n) is 4.92. The van der Waals surface area contributed by atoms with Crippen LogP contribution in [-0.2, 0) is 14.6 Å².